The molecule has 6 nitrogen and oxygen atoms in total. The van der Waals surface area contributed by atoms with Gasteiger partial charge in [-0.05, 0) is 30.9 Å². The lowest BCUT2D eigenvalue weighted by Gasteiger charge is -2.30. The average molecular weight is 393 g/mol. The molecule has 1 aliphatic carbocycles. The first-order valence-electron chi connectivity index (χ1n) is 9.03. The van der Waals surface area contributed by atoms with Gasteiger partial charge in [-0.3, -0.25) is 4.79 Å². The number of amides is 1. The number of carbonyl (C=O) groups is 1. The molecule has 1 saturated carbocycles. The zero-order valence-electron chi connectivity index (χ0n) is 15.7. The van der Waals surface area contributed by atoms with Crippen LogP contribution in [0.5, 0.6) is 0 Å². The van der Waals surface area contributed by atoms with E-state index >= 15 is 0 Å². The van der Waals surface area contributed by atoms with Gasteiger partial charge in [0.1, 0.15) is 11.9 Å². The van der Waals surface area contributed by atoms with E-state index in [1.165, 1.54) is 6.07 Å². The van der Waals surface area contributed by atoms with Crippen LogP contribution in [0.4, 0.5) is 4.39 Å². The van der Waals surface area contributed by atoms with Crippen LogP contribution in [-0.2, 0) is 21.2 Å². The van der Waals surface area contributed by atoms with Crippen molar-refractivity contribution in [3.63, 3.8) is 0 Å². The summed E-state index contributed by atoms with van der Waals surface area (Å²) in [6.45, 7) is 4.07. The van der Waals surface area contributed by atoms with E-state index in [4.69, 9.17) is 5.26 Å². The lowest BCUT2D eigenvalue weighted by atomic mass is 9.92. The summed E-state index contributed by atoms with van der Waals surface area (Å²) in [6.07, 6.45) is 2.93. The highest BCUT2D eigenvalue weighted by atomic mass is 32.2. The molecule has 8 heteroatoms. The molecule has 1 aromatic rings. The van der Waals surface area contributed by atoms with Crippen LogP contribution >= 0.6 is 0 Å². The first-order chi connectivity index (χ1) is 12.6. The third-order valence-electron chi connectivity index (χ3n) is 5.57. The number of nitrogens with zero attached hydrogens (tertiary/aromatic N) is 2. The molecule has 146 valence electrons. The summed E-state index contributed by atoms with van der Waals surface area (Å²) in [5.74, 6) is -0.914. The molecule has 1 spiro atoms. The summed E-state index contributed by atoms with van der Waals surface area (Å²) in [7, 11) is -3.49. The molecule has 1 aliphatic heterocycles. The number of halogens is 1. The number of nitrogens with one attached hydrogen (secondary N) is 1. The monoisotopic (exact) mass is 393 g/mol. The molecular weight excluding hydrogens is 369 g/mol. The highest BCUT2D eigenvalue weighted by Gasteiger charge is 2.61. The number of carbonyl (C=O) groups excluding carboxylic acids is 1. The maximum atomic E-state index is 14.6. The van der Waals surface area contributed by atoms with Crippen LogP contribution in [0.25, 0.3) is 0 Å². The van der Waals surface area contributed by atoms with Gasteiger partial charge in [-0.1, -0.05) is 26.0 Å². The van der Waals surface area contributed by atoms with E-state index in [0.717, 1.165) is 19.1 Å². The maximum Gasteiger partial charge on any atom is 0.225 e. The van der Waals surface area contributed by atoms with E-state index in [2.05, 4.69) is 4.72 Å². The van der Waals surface area contributed by atoms with Gasteiger partial charge in [0.25, 0.3) is 0 Å². The van der Waals surface area contributed by atoms with E-state index in [1.807, 2.05) is 6.07 Å². The zero-order chi connectivity index (χ0) is 20.0. The van der Waals surface area contributed by atoms with Gasteiger partial charge in [-0.2, -0.15) is 5.26 Å². The van der Waals surface area contributed by atoms with Crippen molar-refractivity contribution in [2.24, 2.45) is 11.3 Å². The van der Waals surface area contributed by atoms with Crippen molar-refractivity contribution in [2.75, 3.05) is 12.8 Å². The fourth-order valence-electron chi connectivity index (χ4n) is 4.06. The predicted molar refractivity (Wildman–Crippen MR) is 98.6 cm³/mol. The van der Waals surface area contributed by atoms with E-state index in [-0.39, 0.29) is 29.2 Å². The molecule has 1 N–H and O–H groups in total. The Balaban J connectivity index is 2.00. The van der Waals surface area contributed by atoms with Gasteiger partial charge >= 0.3 is 0 Å². The van der Waals surface area contributed by atoms with Gasteiger partial charge < -0.3 is 4.90 Å². The molecule has 3 rings (SSSR count). The first kappa shape index (κ1) is 19.8. The minimum Gasteiger partial charge on any atom is -0.337 e. The summed E-state index contributed by atoms with van der Waals surface area (Å²) >= 11 is 0. The Hall–Kier alpha value is -1.98. The summed E-state index contributed by atoms with van der Waals surface area (Å²) in [5, 5.41) is 9.07. The Labute approximate surface area is 159 Å². The molecule has 0 radical (unpaired) electrons. The number of sulfonamides is 1. The second-order valence-electron chi connectivity index (χ2n) is 8.01. The second-order valence-corrected chi connectivity index (χ2v) is 9.79. The summed E-state index contributed by atoms with van der Waals surface area (Å²) in [4.78, 5) is 14.5. The van der Waals surface area contributed by atoms with Crippen LogP contribution < -0.4 is 4.72 Å². The van der Waals surface area contributed by atoms with Crippen molar-refractivity contribution in [3.8, 4) is 6.07 Å². The number of hydrogen-bond donors (Lipinski definition) is 1. The molecule has 2 aliphatic rings. The number of hydrogen-bond acceptors (Lipinski definition) is 4. The van der Waals surface area contributed by atoms with Crippen LogP contribution in [0.15, 0.2) is 18.2 Å². The maximum absolute atomic E-state index is 14.6. The Morgan fingerprint density at radius 3 is 2.63 bits per heavy atom. The van der Waals surface area contributed by atoms with Crippen molar-refractivity contribution >= 4 is 15.9 Å². The molecule has 0 bridgehead atoms. The first-order valence-corrected chi connectivity index (χ1v) is 10.9. The Kier molecular flexibility index (Phi) is 5.04. The number of rotatable bonds is 5. The molecule has 1 saturated heterocycles. The topological polar surface area (TPSA) is 90.3 Å². The van der Waals surface area contributed by atoms with E-state index in [9.17, 15) is 17.6 Å². The fourth-order valence-corrected chi connectivity index (χ4v) is 4.93. The van der Waals surface area contributed by atoms with Gasteiger partial charge in [0.05, 0.1) is 17.9 Å². The smallest absolute Gasteiger partial charge is 0.225 e. The Bertz CT molecular complexity index is 903. The van der Waals surface area contributed by atoms with Crippen LogP contribution in [0.3, 0.4) is 0 Å². The van der Waals surface area contributed by atoms with Crippen molar-refractivity contribution in [1.29, 1.82) is 5.26 Å². The van der Waals surface area contributed by atoms with E-state index < -0.39 is 27.9 Å². The molecule has 27 heavy (non-hydrogen) atoms. The molecule has 2 fully saturated rings. The lowest BCUT2D eigenvalue weighted by Crippen LogP contribution is -2.50. The van der Waals surface area contributed by atoms with Gasteiger partial charge in [0, 0.05) is 23.9 Å². The van der Waals surface area contributed by atoms with Crippen molar-refractivity contribution in [3.05, 3.63) is 35.1 Å². The number of benzene rings is 1. The molecule has 1 heterocycles. The summed E-state index contributed by atoms with van der Waals surface area (Å²) in [5.41, 5.74) is -0.0127. The van der Waals surface area contributed by atoms with Gasteiger partial charge in [0.15, 0.2) is 0 Å². The SMILES string of the molecule is CC(C)C(=O)N1CC2(CC2)C(NS(C)(=O)=O)C1Cc1cccc(C#N)c1F. The minimum absolute atomic E-state index is 0.0546. The van der Waals surface area contributed by atoms with E-state index in [1.54, 1.807) is 30.9 Å². The van der Waals surface area contributed by atoms with Crippen molar-refractivity contribution < 1.29 is 17.6 Å². The largest absolute Gasteiger partial charge is 0.337 e. The third kappa shape index (κ3) is 3.85. The van der Waals surface area contributed by atoms with Crippen LogP contribution in [0, 0.1) is 28.5 Å². The van der Waals surface area contributed by atoms with Crippen LogP contribution in [-0.4, -0.2) is 44.1 Å². The van der Waals surface area contributed by atoms with Crippen molar-refractivity contribution in [1.82, 2.24) is 9.62 Å². The average Bonchev–Trinajstić information content (AvgIpc) is 3.30. The van der Waals surface area contributed by atoms with E-state index in [0.29, 0.717) is 12.1 Å². The third-order valence-corrected chi connectivity index (χ3v) is 6.25. The molecule has 1 aromatic carbocycles. The lowest BCUT2D eigenvalue weighted by molar-refractivity contribution is -0.135. The fraction of sp³-hybridized carbons (Fsp3) is 0.579. The summed E-state index contributed by atoms with van der Waals surface area (Å²) in [6, 6.07) is 5.47. The number of likely N-dealkylation sites (tertiary alicyclic amines) is 1. The van der Waals surface area contributed by atoms with Gasteiger partial charge in [-0.25, -0.2) is 17.5 Å². The zero-order valence-corrected chi connectivity index (χ0v) is 16.5. The molecule has 0 aromatic heterocycles. The predicted octanol–water partition coefficient (Wildman–Crippen LogP) is 1.80. The van der Waals surface area contributed by atoms with Gasteiger partial charge in [-0.15, -0.1) is 0 Å². The highest BCUT2D eigenvalue weighted by molar-refractivity contribution is 7.88. The van der Waals surface area contributed by atoms with Crippen LogP contribution in [0.2, 0.25) is 0 Å². The molecule has 2 atom stereocenters. The quantitative estimate of drug-likeness (QED) is 0.826. The van der Waals surface area contributed by atoms with Crippen LogP contribution in [0.1, 0.15) is 37.8 Å². The minimum atomic E-state index is -3.49. The highest BCUT2D eigenvalue weighted by Crippen LogP contribution is 2.55. The standard InChI is InChI=1S/C19H24FN3O3S/c1-12(2)18(24)23-11-19(7-8-19)17(22-27(3,25)26)15(23)9-13-5-4-6-14(10-21)16(13)20/h4-6,12,15,17,22H,7-9,11H2,1-3H3. The molecule has 2 unspecified atom stereocenters. The summed E-state index contributed by atoms with van der Waals surface area (Å²) < 4.78 is 41.2. The second kappa shape index (κ2) is 6.88. The Morgan fingerprint density at radius 1 is 1.44 bits per heavy atom. The Morgan fingerprint density at radius 2 is 2.11 bits per heavy atom. The normalized spacial score (nSPS) is 23.6. The van der Waals surface area contributed by atoms with Gasteiger partial charge in [0.2, 0.25) is 15.9 Å². The number of nitriles is 1. The molecule has 1 amide bonds. The molecular formula is C19H24FN3O3S. The van der Waals surface area contributed by atoms with Crippen molar-refractivity contribution in [2.45, 2.75) is 45.2 Å².